The monoisotopic (exact) mass is 290 g/mol. The quantitative estimate of drug-likeness (QED) is 0.663. The molecule has 0 aliphatic heterocycles. The minimum absolute atomic E-state index is 0.396. The topological polar surface area (TPSA) is 20.2 Å². The summed E-state index contributed by atoms with van der Waals surface area (Å²) >= 11 is 0. The second-order valence-electron chi connectivity index (χ2n) is 10.1. The first-order valence-corrected chi connectivity index (χ1v) is 9.49. The predicted octanol–water partition coefficient (Wildman–Crippen LogP) is 5.03. The van der Waals surface area contributed by atoms with E-state index in [0.717, 1.165) is 30.1 Å². The molecule has 4 rings (SSSR count). The van der Waals surface area contributed by atoms with E-state index in [1.54, 1.807) is 0 Å². The molecule has 1 heteroatoms. The van der Waals surface area contributed by atoms with E-state index in [4.69, 9.17) is 0 Å². The summed E-state index contributed by atoms with van der Waals surface area (Å²) in [5.74, 6) is 4.04. The molecule has 0 heterocycles. The Morgan fingerprint density at radius 1 is 0.905 bits per heavy atom. The Balaban J connectivity index is 1.83. The molecule has 0 aromatic rings. The number of hydrogen-bond acceptors (Lipinski definition) is 1. The highest BCUT2D eigenvalue weighted by Gasteiger charge is 2.65. The van der Waals surface area contributed by atoms with Gasteiger partial charge in [-0.1, -0.05) is 33.6 Å². The highest BCUT2D eigenvalue weighted by Crippen LogP contribution is 2.70. The SMILES string of the molecule is CC1CCC2C3C1CCC1(C)CCCC(C)(CC2(C)O)C31. The molecule has 1 nitrogen and oxygen atoms in total. The van der Waals surface area contributed by atoms with Gasteiger partial charge in [0, 0.05) is 0 Å². The average molecular weight is 290 g/mol. The van der Waals surface area contributed by atoms with Gasteiger partial charge < -0.3 is 5.11 Å². The van der Waals surface area contributed by atoms with E-state index in [0.29, 0.717) is 16.7 Å². The summed E-state index contributed by atoms with van der Waals surface area (Å²) in [4.78, 5) is 0. The maximum absolute atomic E-state index is 11.3. The van der Waals surface area contributed by atoms with Crippen LogP contribution in [0.25, 0.3) is 0 Å². The van der Waals surface area contributed by atoms with Crippen molar-refractivity contribution in [3.05, 3.63) is 0 Å². The zero-order valence-electron chi connectivity index (χ0n) is 14.5. The van der Waals surface area contributed by atoms with E-state index in [2.05, 4.69) is 27.7 Å². The van der Waals surface area contributed by atoms with E-state index in [1.807, 2.05) is 0 Å². The normalized spacial score (nSPS) is 63.0. The summed E-state index contributed by atoms with van der Waals surface area (Å²) in [5, 5.41) is 11.3. The summed E-state index contributed by atoms with van der Waals surface area (Å²) in [6, 6.07) is 0. The molecule has 8 unspecified atom stereocenters. The lowest BCUT2D eigenvalue weighted by molar-refractivity contribution is -0.235. The highest BCUT2D eigenvalue weighted by molar-refractivity contribution is 5.14. The molecule has 0 aromatic heterocycles. The van der Waals surface area contributed by atoms with Gasteiger partial charge in [0.2, 0.25) is 0 Å². The second-order valence-corrected chi connectivity index (χ2v) is 10.1. The predicted molar refractivity (Wildman–Crippen MR) is 86.9 cm³/mol. The van der Waals surface area contributed by atoms with Crippen LogP contribution in [0.2, 0.25) is 0 Å². The molecule has 8 atom stereocenters. The molecule has 1 N–H and O–H groups in total. The van der Waals surface area contributed by atoms with Gasteiger partial charge in [-0.25, -0.2) is 0 Å². The number of rotatable bonds is 0. The fourth-order valence-electron chi connectivity index (χ4n) is 8.11. The first kappa shape index (κ1) is 14.5. The van der Waals surface area contributed by atoms with E-state index >= 15 is 0 Å². The van der Waals surface area contributed by atoms with Gasteiger partial charge >= 0.3 is 0 Å². The fourth-order valence-corrected chi connectivity index (χ4v) is 8.11. The standard InChI is InChI=1S/C20H34O/c1-13-6-7-15-16-14(13)8-11-18(2)9-5-10-19(3,17(16)18)12-20(15,4)21/h13-17,21H,5-12H2,1-4H3. The van der Waals surface area contributed by atoms with E-state index < -0.39 is 5.60 Å². The molecule has 0 saturated heterocycles. The maximum Gasteiger partial charge on any atom is 0.0655 e. The van der Waals surface area contributed by atoms with E-state index in [-0.39, 0.29) is 0 Å². The van der Waals surface area contributed by atoms with Gasteiger partial charge in [-0.05, 0) is 85.9 Å². The molecule has 0 amide bonds. The lowest BCUT2D eigenvalue weighted by Gasteiger charge is -2.69. The molecular formula is C20H34O. The van der Waals surface area contributed by atoms with Crippen molar-refractivity contribution < 1.29 is 5.11 Å². The van der Waals surface area contributed by atoms with Crippen molar-refractivity contribution in [2.24, 2.45) is 40.4 Å². The Labute approximate surface area is 130 Å². The van der Waals surface area contributed by atoms with Crippen molar-refractivity contribution >= 4 is 0 Å². The third-order valence-electron chi connectivity index (χ3n) is 8.61. The first-order valence-electron chi connectivity index (χ1n) is 9.49. The third-order valence-corrected chi connectivity index (χ3v) is 8.61. The van der Waals surface area contributed by atoms with Gasteiger partial charge in [0.25, 0.3) is 0 Å². The van der Waals surface area contributed by atoms with Gasteiger partial charge in [-0.3, -0.25) is 0 Å². The van der Waals surface area contributed by atoms with Crippen molar-refractivity contribution in [1.82, 2.24) is 0 Å². The van der Waals surface area contributed by atoms with E-state index in [1.165, 1.54) is 44.9 Å². The van der Waals surface area contributed by atoms with Crippen LogP contribution < -0.4 is 0 Å². The van der Waals surface area contributed by atoms with Crippen LogP contribution in [0.3, 0.4) is 0 Å². The molecule has 0 aromatic carbocycles. The van der Waals surface area contributed by atoms with Crippen molar-refractivity contribution in [2.45, 2.75) is 84.7 Å². The molecule has 0 spiro atoms. The van der Waals surface area contributed by atoms with E-state index in [9.17, 15) is 5.11 Å². The smallest absolute Gasteiger partial charge is 0.0655 e. The minimum atomic E-state index is -0.413. The summed E-state index contributed by atoms with van der Waals surface area (Å²) in [6.07, 6.45) is 10.8. The lowest BCUT2D eigenvalue weighted by atomic mass is 9.36. The van der Waals surface area contributed by atoms with Crippen LogP contribution >= 0.6 is 0 Å². The Morgan fingerprint density at radius 2 is 1.62 bits per heavy atom. The van der Waals surface area contributed by atoms with Crippen LogP contribution in [0.1, 0.15) is 79.1 Å². The molecule has 4 saturated carbocycles. The first-order chi connectivity index (χ1) is 9.77. The molecule has 0 bridgehead atoms. The highest BCUT2D eigenvalue weighted by atomic mass is 16.3. The molecule has 0 radical (unpaired) electrons. The van der Waals surface area contributed by atoms with Gasteiger partial charge in [-0.2, -0.15) is 0 Å². The average Bonchev–Trinajstić information content (AvgIpc) is 2.35. The third kappa shape index (κ3) is 1.85. The van der Waals surface area contributed by atoms with Crippen molar-refractivity contribution in [3.8, 4) is 0 Å². The Kier molecular flexibility index (Phi) is 2.96. The largest absolute Gasteiger partial charge is 0.390 e. The van der Waals surface area contributed by atoms with Crippen molar-refractivity contribution in [1.29, 1.82) is 0 Å². The molecule has 4 fully saturated rings. The van der Waals surface area contributed by atoms with Crippen LogP contribution in [-0.4, -0.2) is 10.7 Å². The van der Waals surface area contributed by atoms with Crippen LogP contribution in [0.15, 0.2) is 0 Å². The summed E-state index contributed by atoms with van der Waals surface area (Å²) in [6.45, 7) is 9.79. The zero-order chi connectivity index (χ0) is 15.0. The Bertz CT molecular complexity index is 441. The molecule has 21 heavy (non-hydrogen) atoms. The fraction of sp³-hybridized carbons (Fsp3) is 1.00. The van der Waals surface area contributed by atoms with Crippen LogP contribution in [0.5, 0.6) is 0 Å². The molecular weight excluding hydrogens is 256 g/mol. The minimum Gasteiger partial charge on any atom is -0.390 e. The molecule has 4 aliphatic rings. The van der Waals surface area contributed by atoms with Crippen LogP contribution in [0.4, 0.5) is 0 Å². The van der Waals surface area contributed by atoms with Crippen LogP contribution in [-0.2, 0) is 0 Å². The summed E-state index contributed by atoms with van der Waals surface area (Å²) in [7, 11) is 0. The van der Waals surface area contributed by atoms with Crippen molar-refractivity contribution in [3.63, 3.8) is 0 Å². The Morgan fingerprint density at radius 3 is 2.38 bits per heavy atom. The van der Waals surface area contributed by atoms with Gasteiger partial charge in [-0.15, -0.1) is 0 Å². The Hall–Kier alpha value is -0.0400. The number of hydrogen-bond donors (Lipinski definition) is 1. The lowest BCUT2D eigenvalue weighted by Crippen LogP contribution is -2.65. The number of aliphatic hydroxyl groups is 1. The summed E-state index contributed by atoms with van der Waals surface area (Å²) < 4.78 is 0. The molecule has 4 aliphatic carbocycles. The van der Waals surface area contributed by atoms with Gasteiger partial charge in [0.1, 0.15) is 0 Å². The van der Waals surface area contributed by atoms with Gasteiger partial charge in [0.05, 0.1) is 5.60 Å². The van der Waals surface area contributed by atoms with Gasteiger partial charge in [0.15, 0.2) is 0 Å². The summed E-state index contributed by atoms with van der Waals surface area (Å²) in [5.41, 5.74) is 0.553. The second kappa shape index (κ2) is 4.28. The molecule has 120 valence electrons. The maximum atomic E-state index is 11.3. The van der Waals surface area contributed by atoms with Crippen LogP contribution in [0, 0.1) is 40.4 Å². The zero-order valence-corrected chi connectivity index (χ0v) is 14.5. The van der Waals surface area contributed by atoms with Crippen molar-refractivity contribution in [2.75, 3.05) is 0 Å².